The van der Waals surface area contributed by atoms with E-state index in [0.29, 0.717) is 59.4 Å². The highest BCUT2D eigenvalue weighted by molar-refractivity contribution is 6.02. The predicted octanol–water partition coefficient (Wildman–Crippen LogP) is 4.29. The lowest BCUT2D eigenvalue weighted by atomic mass is 9.80. The Morgan fingerprint density at radius 3 is 2.58 bits per heavy atom. The first-order chi connectivity index (χ1) is 17.2. The maximum absolute atomic E-state index is 13.5. The van der Waals surface area contributed by atoms with Crippen molar-refractivity contribution in [1.82, 2.24) is 14.5 Å². The summed E-state index contributed by atoms with van der Waals surface area (Å²) in [6.45, 7) is -1.48. The lowest BCUT2D eigenvalue weighted by molar-refractivity contribution is -0.128. The van der Waals surface area contributed by atoms with Gasteiger partial charge in [-0.05, 0) is 56.9 Å². The molecule has 0 aliphatic heterocycles. The van der Waals surface area contributed by atoms with Crippen molar-refractivity contribution < 1.29 is 18.0 Å². The minimum atomic E-state index is -3.07. The van der Waals surface area contributed by atoms with Gasteiger partial charge in [0, 0.05) is 43.4 Å². The molecule has 0 unspecified atom stereocenters. The minimum Gasteiger partial charge on any atom is -0.370 e. The largest absolute Gasteiger partial charge is 0.407 e. The van der Waals surface area contributed by atoms with Gasteiger partial charge in [0.1, 0.15) is 17.3 Å². The van der Waals surface area contributed by atoms with E-state index in [9.17, 15) is 23.2 Å². The van der Waals surface area contributed by atoms with E-state index in [-0.39, 0.29) is 23.2 Å². The third kappa shape index (κ3) is 5.03. The fourth-order valence-corrected chi connectivity index (χ4v) is 4.82. The molecule has 0 bridgehead atoms. The summed E-state index contributed by atoms with van der Waals surface area (Å²) < 4.78 is 40.6. The molecule has 1 aliphatic rings. The number of hydrogen-bond donors (Lipinski definition) is 0. The van der Waals surface area contributed by atoms with Crippen LogP contribution in [0.4, 0.5) is 18.9 Å². The summed E-state index contributed by atoms with van der Waals surface area (Å²) in [5.41, 5.74) is 3.00. The Labute approximate surface area is 205 Å². The average Bonchev–Trinajstić information content (AvgIpc) is 2.86. The van der Waals surface area contributed by atoms with Gasteiger partial charge in [-0.25, -0.2) is 9.97 Å². The number of alkyl halides is 2. The van der Waals surface area contributed by atoms with E-state index in [1.54, 1.807) is 26.1 Å². The van der Waals surface area contributed by atoms with Gasteiger partial charge in [-0.2, -0.15) is 18.4 Å². The van der Waals surface area contributed by atoms with Crippen LogP contribution in [-0.4, -0.2) is 39.9 Å². The van der Waals surface area contributed by atoms with E-state index in [0.717, 1.165) is 0 Å². The molecule has 3 heterocycles. The molecule has 3 aromatic heterocycles. The number of rotatable bonds is 6. The predicted molar refractivity (Wildman–Crippen MR) is 128 cm³/mol. The first-order valence-electron chi connectivity index (χ1n) is 11.5. The van der Waals surface area contributed by atoms with Crippen LogP contribution in [-0.2, 0) is 11.9 Å². The summed E-state index contributed by atoms with van der Waals surface area (Å²) in [7, 11) is 3.53. The zero-order valence-electron chi connectivity index (χ0n) is 20.1. The molecule has 0 spiro atoms. The van der Waals surface area contributed by atoms with Crippen LogP contribution in [0.5, 0.6) is 0 Å². The molecule has 0 N–H and O–H groups in total. The Morgan fingerprint density at radius 2 is 1.94 bits per heavy atom. The monoisotopic (exact) mass is 498 g/mol. The second-order valence-corrected chi connectivity index (χ2v) is 8.83. The van der Waals surface area contributed by atoms with Gasteiger partial charge in [-0.1, -0.05) is 5.16 Å². The molecule has 11 heteroatoms. The topological polar surface area (TPSA) is 96.4 Å². The molecule has 1 saturated carbocycles. The normalized spacial score (nSPS) is 18.3. The number of halogens is 3. The van der Waals surface area contributed by atoms with Crippen LogP contribution in [0.15, 0.2) is 40.3 Å². The Kier molecular flexibility index (Phi) is 7.24. The van der Waals surface area contributed by atoms with Gasteiger partial charge < -0.3 is 14.3 Å². The van der Waals surface area contributed by atoms with Crippen molar-refractivity contribution >= 4 is 22.4 Å². The number of pyridine rings is 3. The Morgan fingerprint density at radius 1 is 1.22 bits per heavy atom. The second-order valence-electron chi connectivity index (χ2n) is 8.83. The van der Waals surface area contributed by atoms with E-state index in [1.807, 2.05) is 18.0 Å². The lowest BCUT2D eigenvalue weighted by Crippen LogP contribution is -2.38. The van der Waals surface area contributed by atoms with Crippen LogP contribution in [0.1, 0.15) is 42.6 Å². The third-order valence-electron chi connectivity index (χ3n) is 6.75. The van der Waals surface area contributed by atoms with E-state index < -0.39 is 12.6 Å². The Bertz CT molecular complexity index is 1410. The summed E-state index contributed by atoms with van der Waals surface area (Å²) >= 11 is 0. The van der Waals surface area contributed by atoms with Gasteiger partial charge >= 0.3 is 6.61 Å². The van der Waals surface area contributed by atoms with Crippen molar-refractivity contribution in [1.29, 1.82) is 5.26 Å². The number of fused-ring (bicyclic) bond motifs is 1. The molecular weight excluding hydrogens is 473 g/mol. The van der Waals surface area contributed by atoms with Gasteiger partial charge in [0.2, 0.25) is 5.95 Å². The summed E-state index contributed by atoms with van der Waals surface area (Å²) in [6, 6.07) is 9.52. The number of hydrogen-bond acceptors (Lipinski definition) is 7. The maximum atomic E-state index is 13.5. The number of anilines is 1. The van der Waals surface area contributed by atoms with Crippen LogP contribution in [0.2, 0.25) is 0 Å². The van der Waals surface area contributed by atoms with E-state index >= 15 is 0 Å². The van der Waals surface area contributed by atoms with Crippen LogP contribution in [0.3, 0.4) is 0 Å². The number of aromatic nitrogens is 3. The fourth-order valence-electron chi connectivity index (χ4n) is 4.82. The molecule has 8 nitrogen and oxygen atoms in total. The molecular formula is C25H25F3N6O2. The van der Waals surface area contributed by atoms with Crippen molar-refractivity contribution in [3.8, 4) is 6.07 Å². The van der Waals surface area contributed by atoms with Crippen molar-refractivity contribution in [2.75, 3.05) is 11.9 Å². The number of nitriles is 1. The van der Waals surface area contributed by atoms with Crippen molar-refractivity contribution in [2.24, 2.45) is 18.1 Å². The van der Waals surface area contributed by atoms with Crippen LogP contribution < -0.4 is 10.5 Å². The highest BCUT2D eigenvalue weighted by Gasteiger charge is 2.30. The van der Waals surface area contributed by atoms with E-state index in [2.05, 4.69) is 20.0 Å². The van der Waals surface area contributed by atoms with Crippen molar-refractivity contribution in [3.05, 3.63) is 63.6 Å². The average molecular weight is 499 g/mol. The zero-order chi connectivity index (χ0) is 26.0. The molecule has 0 atom stereocenters. The number of nitrogens with zero attached hydrogens (tertiary/aromatic N) is 6. The van der Waals surface area contributed by atoms with Gasteiger partial charge in [-0.3, -0.25) is 4.79 Å². The lowest BCUT2D eigenvalue weighted by Gasteiger charge is -2.36. The zero-order valence-corrected chi connectivity index (χ0v) is 20.1. The smallest absolute Gasteiger partial charge is 0.370 e. The Balaban J connectivity index is 1.60. The third-order valence-corrected chi connectivity index (χ3v) is 6.75. The van der Waals surface area contributed by atoms with E-state index in [1.165, 1.54) is 22.8 Å². The number of aryl methyl sites for hydroxylation is 2. The first kappa shape index (κ1) is 25.2. The SMILES string of the molecule is Cc1nc(F)ccc1/C(=N\OC(F)F)C1CCC(N(C)c2cc(=O)n(C)c3ccc(C#N)nc23)CC1. The molecule has 0 radical (unpaired) electrons. The van der Waals surface area contributed by atoms with Gasteiger partial charge in [0.05, 0.1) is 16.9 Å². The summed E-state index contributed by atoms with van der Waals surface area (Å²) in [5, 5.41) is 13.0. The maximum Gasteiger partial charge on any atom is 0.407 e. The van der Waals surface area contributed by atoms with Crippen LogP contribution in [0, 0.1) is 30.1 Å². The standard InChI is InChI=1S/C25H25F3N6O2/c1-14-18(9-11-21(26)30-14)23(32-36-25(27)28)15-4-7-17(8-5-15)33(2)20-12-22(35)34(3)19-10-6-16(13-29)31-24(19)20/h6,9-12,15,17,25H,4-5,7-8H2,1-3H3/b32-23-. The molecule has 1 aliphatic carbocycles. The molecule has 1 fully saturated rings. The summed E-state index contributed by atoms with van der Waals surface area (Å²) in [4.78, 5) is 27.1. The molecule has 188 valence electrons. The second kappa shape index (κ2) is 10.4. The van der Waals surface area contributed by atoms with E-state index in [4.69, 9.17) is 0 Å². The van der Waals surface area contributed by atoms with Crippen LogP contribution in [0.25, 0.3) is 11.0 Å². The molecule has 3 aromatic rings. The quantitative estimate of drug-likeness (QED) is 0.286. The Hall–Kier alpha value is -3.94. The molecule has 0 amide bonds. The summed E-state index contributed by atoms with van der Waals surface area (Å²) in [6.07, 6.45) is 2.57. The number of oxime groups is 1. The van der Waals surface area contributed by atoms with Gasteiger partial charge in [-0.15, -0.1) is 0 Å². The van der Waals surface area contributed by atoms with Crippen molar-refractivity contribution in [2.45, 2.75) is 45.3 Å². The minimum absolute atomic E-state index is 0.0359. The fraction of sp³-hybridized carbons (Fsp3) is 0.400. The van der Waals surface area contributed by atoms with Crippen LogP contribution >= 0.6 is 0 Å². The molecule has 0 saturated heterocycles. The highest BCUT2D eigenvalue weighted by atomic mass is 19.3. The molecule has 4 rings (SSSR count). The molecule has 0 aromatic carbocycles. The first-order valence-corrected chi connectivity index (χ1v) is 11.5. The van der Waals surface area contributed by atoms with Gasteiger partial charge in [0.25, 0.3) is 5.56 Å². The van der Waals surface area contributed by atoms with Gasteiger partial charge in [0.15, 0.2) is 0 Å². The molecule has 36 heavy (non-hydrogen) atoms. The van der Waals surface area contributed by atoms with Crippen molar-refractivity contribution in [3.63, 3.8) is 0 Å². The highest BCUT2D eigenvalue weighted by Crippen LogP contribution is 2.34. The summed E-state index contributed by atoms with van der Waals surface area (Å²) in [5.74, 6) is -0.854.